The summed E-state index contributed by atoms with van der Waals surface area (Å²) >= 11 is 0. The summed E-state index contributed by atoms with van der Waals surface area (Å²) < 4.78 is 14.2. The Hall–Kier alpha value is -3.46. The van der Waals surface area contributed by atoms with Crippen LogP contribution < -0.4 is 20.4 Å². The van der Waals surface area contributed by atoms with Crippen molar-refractivity contribution < 1.29 is 4.39 Å². The molecule has 3 aromatic rings. The minimum Gasteiger partial charge on any atom is -0.382 e. The Labute approximate surface area is 207 Å². The third-order valence-electron chi connectivity index (χ3n) is 6.25. The van der Waals surface area contributed by atoms with E-state index < -0.39 is 0 Å². The first-order valence-corrected chi connectivity index (χ1v) is 12.0. The normalized spacial score (nSPS) is 15.1. The predicted octanol–water partition coefficient (Wildman–Crippen LogP) is 4.05. The minimum absolute atomic E-state index is 0.317. The summed E-state index contributed by atoms with van der Waals surface area (Å²) in [5.74, 6) is 1.37. The van der Waals surface area contributed by atoms with Gasteiger partial charge in [0.2, 0.25) is 5.95 Å². The molecule has 0 radical (unpaired) electrons. The lowest BCUT2D eigenvalue weighted by molar-refractivity contribution is 0.402. The highest BCUT2D eigenvalue weighted by molar-refractivity contribution is 5.84. The van der Waals surface area contributed by atoms with Gasteiger partial charge in [-0.3, -0.25) is 4.98 Å². The van der Waals surface area contributed by atoms with E-state index in [4.69, 9.17) is 10.7 Å². The Balaban J connectivity index is 1.75. The van der Waals surface area contributed by atoms with Crippen LogP contribution >= 0.6 is 0 Å². The quantitative estimate of drug-likeness (QED) is 0.494. The third-order valence-corrected chi connectivity index (χ3v) is 6.25. The third kappa shape index (κ3) is 5.30. The monoisotopic (exact) mass is 478 g/mol. The van der Waals surface area contributed by atoms with Gasteiger partial charge in [-0.1, -0.05) is 37.6 Å². The number of halogens is 1. The van der Waals surface area contributed by atoms with E-state index in [1.807, 2.05) is 23.9 Å². The van der Waals surface area contributed by atoms with Crippen LogP contribution in [0.5, 0.6) is 0 Å². The number of unbranched alkanes of at least 4 members (excludes halogenated alkanes) is 1. The van der Waals surface area contributed by atoms with E-state index in [1.165, 1.54) is 17.8 Å². The summed E-state index contributed by atoms with van der Waals surface area (Å²) in [5.41, 5.74) is 10.3. The topological polar surface area (TPSA) is 77.7 Å². The fourth-order valence-corrected chi connectivity index (χ4v) is 4.55. The molecule has 1 aromatic carbocycles. The molecule has 0 saturated carbocycles. The Bertz CT molecular complexity index is 1150. The zero-order chi connectivity index (χ0) is 25.1. The van der Waals surface area contributed by atoms with Crippen molar-refractivity contribution in [1.82, 2.24) is 19.9 Å². The van der Waals surface area contributed by atoms with E-state index in [0.29, 0.717) is 18.3 Å². The van der Waals surface area contributed by atoms with Gasteiger partial charge < -0.3 is 25.3 Å². The van der Waals surface area contributed by atoms with Crippen LogP contribution in [-0.4, -0.2) is 54.6 Å². The maximum Gasteiger partial charge on any atom is 0.229 e. The molecule has 0 bridgehead atoms. The van der Waals surface area contributed by atoms with Crippen LogP contribution in [0.2, 0.25) is 0 Å². The molecule has 186 valence electrons. The lowest BCUT2D eigenvalue weighted by Crippen LogP contribution is -2.33. The number of nitrogens with zero attached hydrogens (tertiary/aromatic N) is 7. The summed E-state index contributed by atoms with van der Waals surface area (Å²) in [7, 11) is 8.04. The van der Waals surface area contributed by atoms with Crippen LogP contribution in [0.1, 0.15) is 42.6 Å². The standard InChI is InChI=1S/C26H35FN8/c1-6-7-12-33(4)26-30-23(28)22-24(31-26)35(17-19-10-8-18(9-11-19)16-32(2)3)25(34(22)5)20-13-21(27)15-29-14-20/h8-11,13-15,25H,6-7,12,16-17H2,1-5H3,(H2,28,30,31). The van der Waals surface area contributed by atoms with Crippen molar-refractivity contribution >= 4 is 23.3 Å². The number of nitrogen functional groups attached to an aromatic ring is 1. The number of hydrogen-bond acceptors (Lipinski definition) is 8. The molecule has 1 atom stereocenters. The van der Waals surface area contributed by atoms with Crippen LogP contribution in [0.3, 0.4) is 0 Å². The first kappa shape index (κ1) is 24.7. The number of pyridine rings is 1. The molecule has 35 heavy (non-hydrogen) atoms. The van der Waals surface area contributed by atoms with E-state index in [9.17, 15) is 4.39 Å². The Morgan fingerprint density at radius 2 is 1.77 bits per heavy atom. The van der Waals surface area contributed by atoms with E-state index in [1.54, 1.807) is 6.20 Å². The zero-order valence-electron chi connectivity index (χ0n) is 21.2. The molecule has 9 heteroatoms. The number of nitrogens with two attached hydrogens (primary N) is 1. The van der Waals surface area contributed by atoms with Crippen molar-refractivity contribution in [3.05, 3.63) is 65.2 Å². The molecule has 2 N–H and O–H groups in total. The average Bonchev–Trinajstić information content (AvgIpc) is 3.10. The second-order valence-electron chi connectivity index (χ2n) is 9.46. The molecule has 0 saturated heterocycles. The summed E-state index contributed by atoms with van der Waals surface area (Å²) in [6.45, 7) is 4.46. The lowest BCUT2D eigenvalue weighted by atomic mass is 10.1. The predicted molar refractivity (Wildman–Crippen MR) is 140 cm³/mol. The summed E-state index contributed by atoms with van der Waals surface area (Å²) in [4.78, 5) is 22.0. The highest BCUT2D eigenvalue weighted by Crippen LogP contribution is 2.48. The van der Waals surface area contributed by atoms with Crippen molar-refractivity contribution in [1.29, 1.82) is 0 Å². The van der Waals surface area contributed by atoms with E-state index >= 15 is 0 Å². The molecule has 3 heterocycles. The molecule has 2 aromatic heterocycles. The van der Waals surface area contributed by atoms with Gasteiger partial charge >= 0.3 is 0 Å². The molecule has 1 aliphatic rings. The van der Waals surface area contributed by atoms with Crippen molar-refractivity contribution in [3.8, 4) is 0 Å². The van der Waals surface area contributed by atoms with Gasteiger partial charge in [-0.15, -0.1) is 0 Å². The smallest absolute Gasteiger partial charge is 0.229 e. The average molecular weight is 479 g/mol. The molecule has 0 amide bonds. The number of benzene rings is 1. The molecular weight excluding hydrogens is 443 g/mol. The van der Waals surface area contributed by atoms with Gasteiger partial charge in [0.25, 0.3) is 0 Å². The van der Waals surface area contributed by atoms with Gasteiger partial charge in [-0.25, -0.2) is 4.39 Å². The molecule has 1 unspecified atom stereocenters. The van der Waals surface area contributed by atoms with E-state index in [-0.39, 0.29) is 12.0 Å². The molecule has 4 rings (SSSR count). The van der Waals surface area contributed by atoms with Crippen LogP contribution in [0.4, 0.5) is 27.7 Å². The summed E-state index contributed by atoms with van der Waals surface area (Å²) in [5, 5.41) is 0. The minimum atomic E-state index is -0.376. The maximum absolute atomic E-state index is 14.2. The fraction of sp³-hybridized carbons (Fsp3) is 0.423. The molecule has 0 fully saturated rings. The van der Waals surface area contributed by atoms with Crippen molar-refractivity contribution in [3.63, 3.8) is 0 Å². The summed E-state index contributed by atoms with van der Waals surface area (Å²) in [6.07, 6.45) is 4.72. The molecule has 8 nitrogen and oxygen atoms in total. The number of hydrogen-bond donors (Lipinski definition) is 1. The Morgan fingerprint density at radius 1 is 1.06 bits per heavy atom. The van der Waals surface area contributed by atoms with Crippen LogP contribution in [0, 0.1) is 5.82 Å². The van der Waals surface area contributed by atoms with Gasteiger partial charge in [0.1, 0.15) is 17.7 Å². The molecule has 1 aliphatic heterocycles. The lowest BCUT2D eigenvalue weighted by Gasteiger charge is -2.30. The molecular formula is C26H35FN8. The zero-order valence-corrected chi connectivity index (χ0v) is 21.2. The van der Waals surface area contributed by atoms with Gasteiger partial charge in [0.15, 0.2) is 11.6 Å². The molecule has 0 spiro atoms. The SMILES string of the molecule is CCCCN(C)c1nc(N)c2c(n1)N(Cc1ccc(CN(C)C)cc1)C(c1cncc(F)c1)N2C. The fourth-order valence-electron chi connectivity index (χ4n) is 4.55. The molecule has 0 aliphatic carbocycles. The maximum atomic E-state index is 14.2. The first-order chi connectivity index (χ1) is 16.8. The van der Waals surface area contributed by atoms with Gasteiger partial charge in [-0.05, 0) is 37.7 Å². The highest BCUT2D eigenvalue weighted by Gasteiger charge is 2.39. The number of fused-ring (bicyclic) bond motifs is 1. The van der Waals surface area contributed by atoms with Gasteiger partial charge in [0, 0.05) is 45.5 Å². The van der Waals surface area contributed by atoms with Crippen molar-refractivity contribution in [2.45, 2.75) is 39.0 Å². The number of aromatic nitrogens is 3. The Kier molecular flexibility index (Phi) is 7.35. The first-order valence-electron chi connectivity index (χ1n) is 12.0. The van der Waals surface area contributed by atoms with Gasteiger partial charge in [0.05, 0.1) is 6.20 Å². The second-order valence-corrected chi connectivity index (χ2v) is 9.46. The van der Waals surface area contributed by atoms with Crippen LogP contribution in [0.15, 0.2) is 42.7 Å². The highest BCUT2D eigenvalue weighted by atomic mass is 19.1. The second kappa shape index (κ2) is 10.4. The van der Waals surface area contributed by atoms with E-state index in [0.717, 1.165) is 48.6 Å². The largest absolute Gasteiger partial charge is 0.382 e. The van der Waals surface area contributed by atoms with Crippen molar-refractivity contribution in [2.75, 3.05) is 55.2 Å². The number of anilines is 4. The Morgan fingerprint density at radius 3 is 2.43 bits per heavy atom. The van der Waals surface area contributed by atoms with Gasteiger partial charge in [-0.2, -0.15) is 9.97 Å². The summed E-state index contributed by atoms with van der Waals surface area (Å²) in [6, 6.07) is 10.1. The van der Waals surface area contributed by atoms with E-state index in [2.05, 4.69) is 65.1 Å². The number of rotatable bonds is 9. The van der Waals surface area contributed by atoms with Crippen molar-refractivity contribution in [2.24, 2.45) is 0 Å². The van der Waals surface area contributed by atoms with Crippen LogP contribution in [-0.2, 0) is 13.1 Å². The van der Waals surface area contributed by atoms with Crippen LogP contribution in [0.25, 0.3) is 0 Å².